The number of benzene rings is 2. The lowest BCUT2D eigenvalue weighted by Gasteiger charge is -2.32. The Bertz CT molecular complexity index is 1060. The molecule has 0 aliphatic carbocycles. The zero-order chi connectivity index (χ0) is 20.2. The summed E-state index contributed by atoms with van der Waals surface area (Å²) in [5.41, 5.74) is 2.25. The number of carbonyl (C=O) groups excluding carboxylic acids is 1. The Kier molecular flexibility index (Phi) is 5.46. The molecule has 150 valence electrons. The second kappa shape index (κ2) is 8.34. The first-order valence-corrected chi connectivity index (χ1v) is 9.78. The quantitative estimate of drug-likeness (QED) is 0.697. The van der Waals surface area contributed by atoms with Crippen LogP contribution < -0.4 is 20.5 Å². The van der Waals surface area contributed by atoms with Crippen LogP contribution in [0.1, 0.15) is 18.4 Å². The predicted octanol–water partition coefficient (Wildman–Crippen LogP) is 2.46. The maximum Gasteiger partial charge on any atom is 0.291 e. The van der Waals surface area contributed by atoms with Crippen LogP contribution in [0.25, 0.3) is 11.0 Å². The minimum Gasteiger partial charge on any atom is -0.497 e. The molecule has 1 saturated heterocycles. The van der Waals surface area contributed by atoms with Crippen molar-refractivity contribution in [3.8, 4) is 5.75 Å². The van der Waals surface area contributed by atoms with E-state index in [1.165, 1.54) is 0 Å². The van der Waals surface area contributed by atoms with Gasteiger partial charge in [0.15, 0.2) is 5.82 Å². The van der Waals surface area contributed by atoms with Crippen LogP contribution in [0.4, 0.5) is 5.82 Å². The number of methoxy groups -OCH3 is 1. The molecule has 7 heteroatoms. The molecule has 0 spiro atoms. The molecule has 4 rings (SSSR count). The number of rotatable bonds is 5. The van der Waals surface area contributed by atoms with Crippen molar-refractivity contribution in [2.45, 2.75) is 19.4 Å². The van der Waals surface area contributed by atoms with Gasteiger partial charge in [-0.05, 0) is 42.7 Å². The maximum absolute atomic E-state index is 12.7. The van der Waals surface area contributed by atoms with Crippen LogP contribution in [0.15, 0.2) is 53.3 Å². The molecular formula is C22H24N4O3. The van der Waals surface area contributed by atoms with Crippen LogP contribution in [-0.2, 0) is 11.3 Å². The van der Waals surface area contributed by atoms with Crippen molar-refractivity contribution in [2.75, 3.05) is 25.1 Å². The smallest absolute Gasteiger partial charge is 0.291 e. The second-order valence-electron chi connectivity index (χ2n) is 7.26. The third kappa shape index (κ3) is 4.23. The van der Waals surface area contributed by atoms with Crippen molar-refractivity contribution >= 4 is 22.8 Å². The van der Waals surface area contributed by atoms with Crippen molar-refractivity contribution in [1.82, 2.24) is 15.3 Å². The number of aromatic amines is 1. The zero-order valence-corrected chi connectivity index (χ0v) is 16.4. The Hall–Kier alpha value is -3.35. The SMILES string of the molecule is COc1ccc(CNC(=O)[C@H]2CCCN(c3nc4ccccc4[nH]c3=O)C2)cc1. The number of carbonyl (C=O) groups is 1. The lowest BCUT2D eigenvalue weighted by Crippen LogP contribution is -2.44. The molecule has 7 nitrogen and oxygen atoms in total. The van der Waals surface area contributed by atoms with E-state index in [-0.39, 0.29) is 17.4 Å². The van der Waals surface area contributed by atoms with Gasteiger partial charge in [-0.1, -0.05) is 24.3 Å². The fraction of sp³-hybridized carbons (Fsp3) is 0.318. The monoisotopic (exact) mass is 392 g/mol. The summed E-state index contributed by atoms with van der Waals surface area (Å²) < 4.78 is 5.15. The van der Waals surface area contributed by atoms with Gasteiger partial charge >= 0.3 is 0 Å². The molecule has 1 aliphatic heterocycles. The molecule has 2 heterocycles. The molecule has 0 unspecified atom stereocenters. The summed E-state index contributed by atoms with van der Waals surface area (Å²) in [5.74, 6) is 1.00. The van der Waals surface area contributed by atoms with E-state index in [9.17, 15) is 9.59 Å². The molecule has 1 fully saturated rings. The highest BCUT2D eigenvalue weighted by molar-refractivity contribution is 5.80. The lowest BCUT2D eigenvalue weighted by molar-refractivity contribution is -0.125. The number of amides is 1. The standard InChI is InChI=1S/C22H24N4O3/c1-29-17-10-8-15(9-11-17)13-23-21(27)16-5-4-12-26(14-16)20-22(28)25-19-7-3-2-6-18(19)24-20/h2-3,6-11,16H,4-5,12-14H2,1H3,(H,23,27)(H,25,28)/t16-/m0/s1. The average Bonchev–Trinajstić information content (AvgIpc) is 2.77. The Morgan fingerprint density at radius 1 is 1.24 bits per heavy atom. The number of piperidine rings is 1. The van der Waals surface area contributed by atoms with E-state index >= 15 is 0 Å². The van der Waals surface area contributed by atoms with Gasteiger partial charge in [-0.15, -0.1) is 0 Å². The summed E-state index contributed by atoms with van der Waals surface area (Å²) >= 11 is 0. The first-order chi connectivity index (χ1) is 14.1. The molecule has 1 amide bonds. The molecule has 1 aliphatic rings. The van der Waals surface area contributed by atoms with Crippen molar-refractivity contribution in [3.05, 3.63) is 64.4 Å². The first kappa shape index (κ1) is 19.0. The topological polar surface area (TPSA) is 87.3 Å². The van der Waals surface area contributed by atoms with Gasteiger partial charge in [-0.2, -0.15) is 0 Å². The summed E-state index contributed by atoms with van der Waals surface area (Å²) in [6.45, 7) is 1.67. The Labute approximate surface area is 168 Å². The van der Waals surface area contributed by atoms with Gasteiger partial charge in [0.25, 0.3) is 5.56 Å². The molecule has 3 aromatic rings. The van der Waals surface area contributed by atoms with Gasteiger partial charge < -0.3 is 19.9 Å². The van der Waals surface area contributed by atoms with E-state index in [0.717, 1.165) is 36.2 Å². The zero-order valence-electron chi connectivity index (χ0n) is 16.4. The summed E-state index contributed by atoms with van der Waals surface area (Å²) in [7, 11) is 1.63. The molecule has 2 N–H and O–H groups in total. The molecule has 2 aromatic carbocycles. The Morgan fingerprint density at radius 2 is 2.03 bits per heavy atom. The van der Waals surface area contributed by atoms with E-state index in [2.05, 4.69) is 15.3 Å². The Morgan fingerprint density at radius 3 is 2.83 bits per heavy atom. The van der Waals surface area contributed by atoms with Crippen molar-refractivity contribution in [2.24, 2.45) is 5.92 Å². The van der Waals surface area contributed by atoms with Gasteiger partial charge in [-0.3, -0.25) is 9.59 Å². The largest absolute Gasteiger partial charge is 0.497 e. The van der Waals surface area contributed by atoms with Crippen LogP contribution in [-0.4, -0.2) is 36.1 Å². The van der Waals surface area contributed by atoms with Gasteiger partial charge in [0.2, 0.25) is 5.91 Å². The van der Waals surface area contributed by atoms with Crippen molar-refractivity contribution in [1.29, 1.82) is 0 Å². The first-order valence-electron chi connectivity index (χ1n) is 9.78. The number of nitrogens with one attached hydrogen (secondary N) is 2. The number of anilines is 1. The minimum absolute atomic E-state index is 0.00253. The third-order valence-electron chi connectivity index (χ3n) is 5.30. The molecular weight excluding hydrogens is 368 g/mol. The number of nitrogens with zero attached hydrogens (tertiary/aromatic N) is 2. The fourth-order valence-electron chi connectivity index (χ4n) is 3.69. The number of hydrogen-bond donors (Lipinski definition) is 2. The van der Waals surface area contributed by atoms with Crippen molar-refractivity contribution < 1.29 is 9.53 Å². The molecule has 1 atom stereocenters. The van der Waals surface area contributed by atoms with E-state index in [4.69, 9.17) is 4.74 Å². The summed E-state index contributed by atoms with van der Waals surface area (Å²) in [6.07, 6.45) is 1.64. The highest BCUT2D eigenvalue weighted by Gasteiger charge is 2.27. The molecule has 29 heavy (non-hydrogen) atoms. The van der Waals surface area contributed by atoms with Crippen LogP contribution in [0, 0.1) is 5.92 Å². The Balaban J connectivity index is 1.43. The number of hydrogen-bond acceptors (Lipinski definition) is 5. The third-order valence-corrected chi connectivity index (χ3v) is 5.30. The highest BCUT2D eigenvalue weighted by Crippen LogP contribution is 2.21. The summed E-state index contributed by atoms with van der Waals surface area (Å²) in [5, 5.41) is 3.01. The minimum atomic E-state index is -0.219. The van der Waals surface area contributed by atoms with E-state index in [0.29, 0.717) is 24.4 Å². The summed E-state index contributed by atoms with van der Waals surface area (Å²) in [6, 6.07) is 15.1. The molecule has 0 saturated carbocycles. The predicted molar refractivity (Wildman–Crippen MR) is 112 cm³/mol. The van der Waals surface area contributed by atoms with Gasteiger partial charge in [0.1, 0.15) is 5.75 Å². The van der Waals surface area contributed by atoms with E-state index in [1.807, 2.05) is 53.4 Å². The molecule has 0 radical (unpaired) electrons. The van der Waals surface area contributed by atoms with E-state index < -0.39 is 0 Å². The number of ether oxygens (including phenoxy) is 1. The van der Waals surface area contributed by atoms with Gasteiger partial charge in [-0.25, -0.2) is 4.98 Å². The number of para-hydroxylation sites is 2. The highest BCUT2D eigenvalue weighted by atomic mass is 16.5. The number of fused-ring (bicyclic) bond motifs is 1. The number of H-pyrrole nitrogens is 1. The molecule has 1 aromatic heterocycles. The van der Waals surface area contributed by atoms with Crippen LogP contribution >= 0.6 is 0 Å². The van der Waals surface area contributed by atoms with Gasteiger partial charge in [0, 0.05) is 19.6 Å². The van der Waals surface area contributed by atoms with Crippen LogP contribution in [0.3, 0.4) is 0 Å². The maximum atomic E-state index is 12.7. The van der Waals surface area contributed by atoms with E-state index in [1.54, 1.807) is 7.11 Å². The number of aromatic nitrogens is 2. The molecule has 0 bridgehead atoms. The lowest BCUT2D eigenvalue weighted by atomic mass is 9.97. The van der Waals surface area contributed by atoms with Crippen LogP contribution in [0.5, 0.6) is 5.75 Å². The fourth-order valence-corrected chi connectivity index (χ4v) is 3.69. The van der Waals surface area contributed by atoms with Gasteiger partial charge in [0.05, 0.1) is 24.1 Å². The normalized spacial score (nSPS) is 16.6. The summed E-state index contributed by atoms with van der Waals surface area (Å²) in [4.78, 5) is 34.6. The van der Waals surface area contributed by atoms with Crippen LogP contribution in [0.2, 0.25) is 0 Å². The van der Waals surface area contributed by atoms with Crippen molar-refractivity contribution in [3.63, 3.8) is 0 Å². The second-order valence-corrected chi connectivity index (χ2v) is 7.26. The average molecular weight is 392 g/mol.